The Bertz CT molecular complexity index is 656. The van der Waals surface area contributed by atoms with Gasteiger partial charge in [0, 0.05) is 32.0 Å². The van der Waals surface area contributed by atoms with E-state index in [1.54, 1.807) is 12.4 Å². The number of amides is 1. The highest BCUT2D eigenvalue weighted by molar-refractivity contribution is 5.91. The largest absolute Gasteiger partial charge is 0.379 e. The molecule has 1 fully saturated rings. The van der Waals surface area contributed by atoms with E-state index >= 15 is 0 Å². The molecule has 1 amide bonds. The first-order valence-electron chi connectivity index (χ1n) is 8.03. The Hall–Kier alpha value is -2.38. The average Bonchev–Trinajstić information content (AvgIpc) is 2.64. The van der Waals surface area contributed by atoms with Crippen LogP contribution in [0.3, 0.4) is 0 Å². The summed E-state index contributed by atoms with van der Waals surface area (Å²) in [5, 5.41) is 2.95. The van der Waals surface area contributed by atoms with E-state index < -0.39 is 0 Å². The number of hydrogen-bond acceptors (Lipinski definition) is 6. The molecule has 0 aromatic carbocycles. The molecule has 0 spiro atoms. The third-order valence-electron chi connectivity index (χ3n) is 3.99. The normalized spacial score (nSPS) is 16.5. The van der Waals surface area contributed by atoms with Gasteiger partial charge in [-0.3, -0.25) is 19.7 Å². The number of aryl methyl sites for hydroxylation is 1. The summed E-state index contributed by atoms with van der Waals surface area (Å²) >= 11 is 0. The highest BCUT2D eigenvalue weighted by atomic mass is 16.5. The number of hydrogen-bond donors (Lipinski definition) is 1. The summed E-state index contributed by atoms with van der Waals surface area (Å²) in [6.45, 7) is 5.33. The Morgan fingerprint density at radius 3 is 2.75 bits per heavy atom. The van der Waals surface area contributed by atoms with Crippen LogP contribution in [0.4, 0.5) is 0 Å². The molecule has 1 aliphatic rings. The SMILES string of the molecule is Cc1cnc(C(=O)NC[C@@H](c2ccccn2)N2CCOCC2)cn1. The zero-order valence-corrected chi connectivity index (χ0v) is 13.7. The van der Waals surface area contributed by atoms with Crippen molar-refractivity contribution < 1.29 is 9.53 Å². The Morgan fingerprint density at radius 1 is 1.25 bits per heavy atom. The van der Waals surface area contributed by atoms with Crippen LogP contribution < -0.4 is 5.32 Å². The molecule has 0 unspecified atom stereocenters. The molecule has 3 rings (SSSR count). The number of carbonyl (C=O) groups is 1. The van der Waals surface area contributed by atoms with Crippen LogP contribution in [-0.4, -0.2) is 58.6 Å². The van der Waals surface area contributed by atoms with Gasteiger partial charge in [-0.15, -0.1) is 0 Å². The van der Waals surface area contributed by atoms with E-state index in [2.05, 4.69) is 25.2 Å². The van der Waals surface area contributed by atoms with Gasteiger partial charge in [0.2, 0.25) is 0 Å². The molecule has 0 bridgehead atoms. The monoisotopic (exact) mass is 327 g/mol. The van der Waals surface area contributed by atoms with Gasteiger partial charge in [-0.25, -0.2) is 4.98 Å². The topological polar surface area (TPSA) is 80.2 Å². The quantitative estimate of drug-likeness (QED) is 0.882. The Labute approximate surface area is 141 Å². The van der Waals surface area contributed by atoms with E-state index in [1.165, 1.54) is 6.20 Å². The van der Waals surface area contributed by atoms with E-state index in [0.717, 1.165) is 24.5 Å². The van der Waals surface area contributed by atoms with Gasteiger partial charge >= 0.3 is 0 Å². The second-order valence-corrected chi connectivity index (χ2v) is 5.67. The standard InChI is InChI=1S/C17H21N5O2/c1-13-10-20-15(11-19-13)17(23)21-12-16(14-4-2-3-5-18-14)22-6-8-24-9-7-22/h2-5,10-11,16H,6-9,12H2,1H3,(H,21,23)/t16-/m0/s1. The molecular formula is C17H21N5O2. The summed E-state index contributed by atoms with van der Waals surface area (Å²) < 4.78 is 5.42. The van der Waals surface area contributed by atoms with Crippen LogP contribution in [0.15, 0.2) is 36.8 Å². The van der Waals surface area contributed by atoms with E-state index in [9.17, 15) is 4.79 Å². The van der Waals surface area contributed by atoms with Crippen molar-refractivity contribution >= 4 is 5.91 Å². The number of aromatic nitrogens is 3. The van der Waals surface area contributed by atoms with Gasteiger partial charge in [-0.2, -0.15) is 0 Å². The molecule has 0 radical (unpaired) electrons. The van der Waals surface area contributed by atoms with Crippen molar-refractivity contribution in [2.75, 3.05) is 32.8 Å². The fourth-order valence-corrected chi connectivity index (χ4v) is 2.67. The van der Waals surface area contributed by atoms with E-state index in [0.29, 0.717) is 25.5 Å². The van der Waals surface area contributed by atoms with Crippen LogP contribution in [0.2, 0.25) is 0 Å². The maximum absolute atomic E-state index is 12.3. The minimum Gasteiger partial charge on any atom is -0.379 e. The highest BCUT2D eigenvalue weighted by Gasteiger charge is 2.24. The van der Waals surface area contributed by atoms with Gasteiger partial charge in [0.1, 0.15) is 5.69 Å². The summed E-state index contributed by atoms with van der Waals surface area (Å²) in [6.07, 6.45) is 4.86. The van der Waals surface area contributed by atoms with Crippen LogP contribution >= 0.6 is 0 Å². The lowest BCUT2D eigenvalue weighted by atomic mass is 10.1. The molecule has 24 heavy (non-hydrogen) atoms. The smallest absolute Gasteiger partial charge is 0.271 e. The summed E-state index contributed by atoms with van der Waals surface area (Å²) in [5.74, 6) is -0.225. The summed E-state index contributed by atoms with van der Waals surface area (Å²) in [6, 6.07) is 5.85. The Morgan fingerprint density at radius 2 is 2.08 bits per heavy atom. The molecule has 3 heterocycles. The van der Waals surface area contributed by atoms with Gasteiger partial charge in [0.25, 0.3) is 5.91 Å². The second kappa shape index (κ2) is 7.94. The number of morpholine rings is 1. The van der Waals surface area contributed by atoms with Crippen molar-refractivity contribution in [2.24, 2.45) is 0 Å². The van der Waals surface area contributed by atoms with Crippen LogP contribution in [0.25, 0.3) is 0 Å². The number of nitrogens with zero attached hydrogens (tertiary/aromatic N) is 4. The minimum absolute atomic E-state index is 0.0115. The first kappa shape index (κ1) is 16.5. The second-order valence-electron chi connectivity index (χ2n) is 5.67. The zero-order valence-electron chi connectivity index (χ0n) is 13.7. The molecule has 1 atom stereocenters. The molecule has 7 nitrogen and oxygen atoms in total. The molecular weight excluding hydrogens is 306 g/mol. The first-order chi connectivity index (χ1) is 11.7. The maximum Gasteiger partial charge on any atom is 0.271 e. The van der Waals surface area contributed by atoms with Crippen molar-refractivity contribution in [3.05, 3.63) is 53.9 Å². The van der Waals surface area contributed by atoms with Gasteiger partial charge in [-0.1, -0.05) is 6.07 Å². The third-order valence-corrected chi connectivity index (χ3v) is 3.99. The van der Waals surface area contributed by atoms with Gasteiger partial charge in [0.15, 0.2) is 0 Å². The molecule has 2 aromatic heterocycles. The lowest BCUT2D eigenvalue weighted by Crippen LogP contribution is -2.44. The van der Waals surface area contributed by atoms with Gasteiger partial charge in [-0.05, 0) is 19.1 Å². The van der Waals surface area contributed by atoms with Gasteiger partial charge in [0.05, 0.1) is 36.8 Å². The fourth-order valence-electron chi connectivity index (χ4n) is 2.67. The molecule has 0 aliphatic carbocycles. The molecule has 7 heteroatoms. The molecule has 1 aliphatic heterocycles. The van der Waals surface area contributed by atoms with Crippen molar-refractivity contribution in [2.45, 2.75) is 13.0 Å². The summed E-state index contributed by atoms with van der Waals surface area (Å²) in [7, 11) is 0. The van der Waals surface area contributed by atoms with E-state index in [-0.39, 0.29) is 11.9 Å². The number of pyridine rings is 1. The van der Waals surface area contributed by atoms with Crippen molar-refractivity contribution in [3.63, 3.8) is 0 Å². The van der Waals surface area contributed by atoms with Crippen LogP contribution in [0, 0.1) is 6.92 Å². The summed E-state index contributed by atoms with van der Waals surface area (Å²) in [5.41, 5.74) is 2.04. The summed E-state index contributed by atoms with van der Waals surface area (Å²) in [4.78, 5) is 27.3. The van der Waals surface area contributed by atoms with Gasteiger partial charge < -0.3 is 10.1 Å². The number of rotatable bonds is 5. The van der Waals surface area contributed by atoms with Crippen molar-refractivity contribution in [3.8, 4) is 0 Å². The van der Waals surface area contributed by atoms with Crippen LogP contribution in [0.1, 0.15) is 27.9 Å². The average molecular weight is 327 g/mol. The van der Waals surface area contributed by atoms with Crippen molar-refractivity contribution in [1.29, 1.82) is 0 Å². The van der Waals surface area contributed by atoms with E-state index in [1.807, 2.05) is 25.1 Å². The predicted octanol–water partition coefficient (Wildman–Crippen LogP) is 0.983. The first-order valence-corrected chi connectivity index (χ1v) is 8.03. The highest BCUT2D eigenvalue weighted by Crippen LogP contribution is 2.19. The number of ether oxygens (including phenoxy) is 1. The molecule has 2 aromatic rings. The number of carbonyl (C=O) groups excluding carboxylic acids is 1. The molecule has 0 saturated carbocycles. The number of nitrogens with one attached hydrogen (secondary N) is 1. The maximum atomic E-state index is 12.3. The minimum atomic E-state index is -0.225. The fraction of sp³-hybridized carbons (Fsp3) is 0.412. The zero-order chi connectivity index (χ0) is 16.8. The predicted molar refractivity (Wildman–Crippen MR) is 88.5 cm³/mol. The molecule has 1 saturated heterocycles. The van der Waals surface area contributed by atoms with E-state index in [4.69, 9.17) is 4.74 Å². The third kappa shape index (κ3) is 4.12. The van der Waals surface area contributed by atoms with Crippen LogP contribution in [0.5, 0.6) is 0 Å². The Kier molecular flexibility index (Phi) is 5.45. The lowest BCUT2D eigenvalue weighted by molar-refractivity contribution is 0.0153. The Balaban J connectivity index is 1.69. The molecule has 1 N–H and O–H groups in total. The lowest BCUT2D eigenvalue weighted by Gasteiger charge is -2.34. The van der Waals surface area contributed by atoms with Crippen LogP contribution in [-0.2, 0) is 4.74 Å². The molecule has 126 valence electrons. The van der Waals surface area contributed by atoms with Crippen molar-refractivity contribution in [1.82, 2.24) is 25.2 Å².